The highest BCUT2D eigenvalue weighted by Crippen LogP contribution is 2.71. The van der Waals surface area contributed by atoms with Crippen LogP contribution in [0.1, 0.15) is 71.6 Å². The molecule has 0 aliphatic heterocycles. The highest BCUT2D eigenvalue weighted by molar-refractivity contribution is 5.16. The third-order valence-electron chi connectivity index (χ3n) is 9.56. The maximum absolute atomic E-state index is 14.1. The molecule has 3 unspecified atom stereocenters. The first-order valence-corrected chi connectivity index (χ1v) is 10.4. The summed E-state index contributed by atoms with van der Waals surface area (Å²) in [7, 11) is 1.26. The van der Waals surface area contributed by atoms with Crippen molar-refractivity contribution in [1.82, 2.24) is 0 Å². The van der Waals surface area contributed by atoms with Crippen LogP contribution in [0.5, 0.6) is 0 Å². The molecular formula is C21H33F3O2. The van der Waals surface area contributed by atoms with Gasteiger partial charge in [0.25, 0.3) is 0 Å². The van der Waals surface area contributed by atoms with Gasteiger partial charge in [-0.05, 0) is 86.9 Å². The van der Waals surface area contributed by atoms with Crippen molar-refractivity contribution < 1.29 is 23.0 Å². The summed E-state index contributed by atoms with van der Waals surface area (Å²) in [5.41, 5.74) is -2.59. The van der Waals surface area contributed by atoms with Crippen LogP contribution in [-0.2, 0) is 4.74 Å². The molecule has 1 N–H and O–H groups in total. The van der Waals surface area contributed by atoms with E-state index in [-0.39, 0.29) is 23.9 Å². The minimum Gasteiger partial charge on any atom is -0.393 e. The van der Waals surface area contributed by atoms with Gasteiger partial charge in [0.15, 0.2) is 5.60 Å². The Labute approximate surface area is 154 Å². The van der Waals surface area contributed by atoms with Crippen molar-refractivity contribution in [2.24, 2.45) is 34.5 Å². The number of hydrogen-bond donors (Lipinski definition) is 1. The molecule has 4 rings (SSSR count). The fourth-order valence-electron chi connectivity index (χ4n) is 8.15. The number of rotatable bonds is 1. The number of fused-ring (bicyclic) bond motifs is 5. The molecule has 0 saturated heterocycles. The van der Waals surface area contributed by atoms with Gasteiger partial charge in [-0.1, -0.05) is 13.8 Å². The van der Waals surface area contributed by atoms with Crippen molar-refractivity contribution in [3.63, 3.8) is 0 Å². The minimum atomic E-state index is -4.31. The van der Waals surface area contributed by atoms with Crippen LogP contribution in [-0.4, -0.2) is 30.1 Å². The Morgan fingerprint density at radius 3 is 2.27 bits per heavy atom. The number of halogens is 3. The third-order valence-corrected chi connectivity index (χ3v) is 9.56. The molecule has 4 aliphatic carbocycles. The molecule has 2 nitrogen and oxygen atoms in total. The molecule has 0 amide bonds. The fraction of sp³-hybridized carbons (Fsp3) is 1.00. The highest BCUT2D eigenvalue weighted by Gasteiger charge is 2.73. The van der Waals surface area contributed by atoms with Gasteiger partial charge in [0, 0.05) is 12.5 Å². The van der Waals surface area contributed by atoms with Crippen molar-refractivity contribution in [2.75, 3.05) is 7.11 Å². The summed E-state index contributed by atoms with van der Waals surface area (Å²) in [6.45, 7) is 4.22. The standard InChI is InChI=1S/C21H33F3O2/c1-18-9-6-14(25)12-13(18)4-5-15-16(18)7-10-19(2)17(15)8-11-20(19,26-3)21(22,23)24/h13-17,25H,4-12H2,1-3H3/t13?,14?,15-,16-,17+,18+,19+,20?/m1/s1. The zero-order valence-electron chi connectivity index (χ0n) is 16.2. The van der Waals surface area contributed by atoms with E-state index in [2.05, 4.69) is 6.92 Å². The minimum absolute atomic E-state index is 0.104. The van der Waals surface area contributed by atoms with E-state index < -0.39 is 17.2 Å². The molecule has 0 spiro atoms. The lowest BCUT2D eigenvalue weighted by molar-refractivity contribution is -0.313. The maximum Gasteiger partial charge on any atom is 0.417 e. The fourth-order valence-corrected chi connectivity index (χ4v) is 8.15. The van der Waals surface area contributed by atoms with Gasteiger partial charge in [-0.3, -0.25) is 0 Å². The number of aliphatic hydroxyl groups is 1. The molecule has 150 valence electrons. The third kappa shape index (κ3) is 2.25. The molecule has 4 aliphatic rings. The van der Waals surface area contributed by atoms with Gasteiger partial charge in [-0.25, -0.2) is 0 Å². The summed E-state index contributed by atoms with van der Waals surface area (Å²) in [5, 5.41) is 10.1. The van der Waals surface area contributed by atoms with Gasteiger partial charge in [-0.2, -0.15) is 13.2 Å². The molecule has 4 saturated carbocycles. The molecule has 0 radical (unpaired) electrons. The zero-order valence-corrected chi connectivity index (χ0v) is 16.2. The van der Waals surface area contributed by atoms with Gasteiger partial charge in [0.2, 0.25) is 0 Å². The second-order valence-corrected chi connectivity index (χ2v) is 10.1. The molecule has 5 heteroatoms. The van der Waals surface area contributed by atoms with Gasteiger partial charge in [0.1, 0.15) is 0 Å². The van der Waals surface area contributed by atoms with Crippen LogP contribution in [0.3, 0.4) is 0 Å². The number of methoxy groups -OCH3 is 1. The summed E-state index contributed by atoms with van der Waals surface area (Å²) in [6, 6.07) is 0. The average Bonchev–Trinajstić information content (AvgIpc) is 2.88. The Morgan fingerprint density at radius 1 is 0.923 bits per heavy atom. The Kier molecular flexibility index (Phi) is 4.29. The monoisotopic (exact) mass is 374 g/mol. The number of alkyl halides is 3. The SMILES string of the molecule is COC1(C(F)(F)F)CC[C@H]2[C@@H]3CCC4CC(O)CC[C@]4(C)[C@@H]3CC[C@@]21C. The van der Waals surface area contributed by atoms with Crippen LogP contribution < -0.4 is 0 Å². The van der Waals surface area contributed by atoms with Gasteiger partial charge < -0.3 is 9.84 Å². The van der Waals surface area contributed by atoms with Crippen molar-refractivity contribution >= 4 is 0 Å². The lowest BCUT2D eigenvalue weighted by Crippen LogP contribution is -2.61. The van der Waals surface area contributed by atoms with E-state index in [1.165, 1.54) is 7.11 Å². The molecule has 8 atom stereocenters. The number of hydrogen-bond acceptors (Lipinski definition) is 2. The van der Waals surface area contributed by atoms with Crippen LogP contribution in [0, 0.1) is 34.5 Å². The average molecular weight is 374 g/mol. The van der Waals surface area contributed by atoms with Gasteiger partial charge >= 0.3 is 6.18 Å². The van der Waals surface area contributed by atoms with Crippen LogP contribution in [0.15, 0.2) is 0 Å². The normalized spacial score (nSPS) is 54.3. The Balaban J connectivity index is 1.66. The zero-order chi connectivity index (χ0) is 19.0. The van der Waals surface area contributed by atoms with E-state index >= 15 is 0 Å². The number of ether oxygens (including phenoxy) is 1. The van der Waals surface area contributed by atoms with Crippen LogP contribution in [0.4, 0.5) is 13.2 Å². The van der Waals surface area contributed by atoms with E-state index in [9.17, 15) is 18.3 Å². The second kappa shape index (κ2) is 5.85. The molecule has 0 aromatic heterocycles. The first-order chi connectivity index (χ1) is 12.1. The largest absolute Gasteiger partial charge is 0.417 e. The lowest BCUT2D eigenvalue weighted by atomic mass is 9.44. The van der Waals surface area contributed by atoms with Crippen molar-refractivity contribution in [3.05, 3.63) is 0 Å². The molecular weight excluding hydrogens is 341 g/mol. The lowest BCUT2D eigenvalue weighted by Gasteiger charge is -2.62. The molecule has 0 heterocycles. The predicted octanol–water partition coefficient (Wildman–Crippen LogP) is 5.34. The van der Waals surface area contributed by atoms with E-state index in [0.29, 0.717) is 30.6 Å². The quantitative estimate of drug-likeness (QED) is 0.671. The van der Waals surface area contributed by atoms with Crippen molar-refractivity contribution in [1.29, 1.82) is 0 Å². The summed E-state index contributed by atoms with van der Waals surface area (Å²) in [6.07, 6.45) is 2.57. The van der Waals surface area contributed by atoms with E-state index in [0.717, 1.165) is 38.5 Å². The first-order valence-electron chi connectivity index (χ1n) is 10.4. The van der Waals surface area contributed by atoms with E-state index in [1.54, 1.807) is 0 Å². The van der Waals surface area contributed by atoms with Crippen molar-refractivity contribution in [2.45, 2.75) is 89.5 Å². The maximum atomic E-state index is 14.1. The van der Waals surface area contributed by atoms with Crippen LogP contribution >= 0.6 is 0 Å². The second-order valence-electron chi connectivity index (χ2n) is 10.1. The molecule has 0 bridgehead atoms. The topological polar surface area (TPSA) is 29.5 Å². The highest BCUT2D eigenvalue weighted by atomic mass is 19.4. The molecule has 4 fully saturated rings. The number of aliphatic hydroxyl groups excluding tert-OH is 1. The van der Waals surface area contributed by atoms with E-state index in [1.807, 2.05) is 6.92 Å². The smallest absolute Gasteiger partial charge is 0.393 e. The van der Waals surface area contributed by atoms with Crippen LogP contribution in [0.2, 0.25) is 0 Å². The van der Waals surface area contributed by atoms with Crippen molar-refractivity contribution in [3.8, 4) is 0 Å². The van der Waals surface area contributed by atoms with Crippen LogP contribution in [0.25, 0.3) is 0 Å². The molecule has 0 aromatic rings. The van der Waals surface area contributed by atoms with Gasteiger partial charge in [0.05, 0.1) is 6.10 Å². The summed E-state index contributed by atoms with van der Waals surface area (Å²) >= 11 is 0. The molecule has 26 heavy (non-hydrogen) atoms. The Bertz CT molecular complexity index is 564. The Hall–Kier alpha value is -0.290. The Morgan fingerprint density at radius 2 is 1.62 bits per heavy atom. The van der Waals surface area contributed by atoms with Gasteiger partial charge in [-0.15, -0.1) is 0 Å². The summed E-state index contributed by atoms with van der Waals surface area (Å²) < 4.78 is 47.6. The summed E-state index contributed by atoms with van der Waals surface area (Å²) in [4.78, 5) is 0. The summed E-state index contributed by atoms with van der Waals surface area (Å²) in [5.74, 6) is 1.53. The predicted molar refractivity (Wildman–Crippen MR) is 93.5 cm³/mol. The first kappa shape index (κ1) is 19.0. The van der Waals surface area contributed by atoms with E-state index in [4.69, 9.17) is 4.74 Å². The molecule has 0 aromatic carbocycles.